The molecule has 9 heteroatoms. The number of furan rings is 1. The van der Waals surface area contributed by atoms with Gasteiger partial charge in [-0.05, 0) is 32.0 Å². The number of likely N-dealkylation sites (N-methyl/N-ethyl adjacent to an activating group) is 1. The van der Waals surface area contributed by atoms with Crippen molar-refractivity contribution < 1.29 is 13.9 Å². The maximum atomic E-state index is 6.14. The third kappa shape index (κ3) is 3.81. The molecule has 0 aliphatic rings. The van der Waals surface area contributed by atoms with Gasteiger partial charge in [-0.2, -0.15) is 0 Å². The molecular formula is C21H26N6O3. The molecule has 0 amide bonds. The molecule has 0 spiro atoms. The minimum atomic E-state index is -0.131. The van der Waals surface area contributed by atoms with Crippen LogP contribution in [0, 0.1) is 0 Å². The molecule has 30 heavy (non-hydrogen) atoms. The average Bonchev–Trinajstić information content (AvgIpc) is 3.38. The molecule has 0 aromatic carbocycles. The Bertz CT molecular complexity index is 1140. The van der Waals surface area contributed by atoms with Gasteiger partial charge in [-0.3, -0.25) is 0 Å². The van der Waals surface area contributed by atoms with Gasteiger partial charge in [0.1, 0.15) is 23.2 Å². The van der Waals surface area contributed by atoms with E-state index in [1.165, 1.54) is 0 Å². The van der Waals surface area contributed by atoms with E-state index in [1.54, 1.807) is 30.1 Å². The number of imidazole rings is 1. The fourth-order valence-electron chi connectivity index (χ4n) is 3.28. The second kappa shape index (κ2) is 8.68. The summed E-state index contributed by atoms with van der Waals surface area (Å²) in [5.41, 5.74) is 7.84. The average molecular weight is 410 g/mol. The van der Waals surface area contributed by atoms with Crippen molar-refractivity contribution in [2.75, 3.05) is 38.3 Å². The number of hydrogen-bond donors (Lipinski definition) is 1. The monoisotopic (exact) mass is 410 g/mol. The number of hydrogen-bond acceptors (Lipinski definition) is 8. The summed E-state index contributed by atoms with van der Waals surface area (Å²) in [5.74, 6) is 2.01. The van der Waals surface area contributed by atoms with Crippen LogP contribution in [0.2, 0.25) is 0 Å². The highest BCUT2D eigenvalue weighted by Crippen LogP contribution is 2.33. The van der Waals surface area contributed by atoms with Gasteiger partial charge in [0.15, 0.2) is 11.4 Å². The molecule has 0 radical (unpaired) electrons. The molecule has 1 unspecified atom stereocenters. The van der Waals surface area contributed by atoms with Gasteiger partial charge in [0.2, 0.25) is 5.88 Å². The number of nitrogens with two attached hydrogens (primary N) is 1. The first-order valence-corrected chi connectivity index (χ1v) is 9.99. The van der Waals surface area contributed by atoms with Gasteiger partial charge in [0.05, 0.1) is 18.2 Å². The zero-order valence-corrected chi connectivity index (χ0v) is 17.4. The number of rotatable bonds is 9. The van der Waals surface area contributed by atoms with Crippen LogP contribution >= 0.6 is 0 Å². The maximum Gasteiger partial charge on any atom is 0.232 e. The van der Waals surface area contributed by atoms with Gasteiger partial charge in [-0.1, -0.05) is 0 Å². The lowest BCUT2D eigenvalue weighted by Crippen LogP contribution is -2.27. The largest absolute Gasteiger partial charge is 0.472 e. The van der Waals surface area contributed by atoms with E-state index in [1.807, 2.05) is 25.1 Å². The van der Waals surface area contributed by atoms with Gasteiger partial charge in [-0.25, -0.2) is 14.5 Å². The third-order valence-electron chi connectivity index (χ3n) is 4.92. The molecule has 1 atom stereocenters. The molecule has 4 rings (SSSR count). The lowest BCUT2D eigenvalue weighted by atomic mass is 10.2. The Kier molecular flexibility index (Phi) is 5.82. The number of nitrogens with zero attached hydrogens (tertiary/aromatic N) is 5. The fourth-order valence-corrected chi connectivity index (χ4v) is 3.28. The minimum absolute atomic E-state index is 0.131. The first-order chi connectivity index (χ1) is 14.6. The van der Waals surface area contributed by atoms with Crippen LogP contribution in [-0.2, 0) is 4.74 Å². The summed E-state index contributed by atoms with van der Waals surface area (Å²) in [6, 6.07) is 7.48. The summed E-state index contributed by atoms with van der Waals surface area (Å²) in [5, 5.41) is 5.49. The van der Waals surface area contributed by atoms with Crippen molar-refractivity contribution in [2.45, 2.75) is 20.0 Å². The Balaban J connectivity index is 1.75. The Morgan fingerprint density at radius 3 is 2.90 bits per heavy atom. The summed E-state index contributed by atoms with van der Waals surface area (Å²) in [6.07, 6.45) is 3.37. The van der Waals surface area contributed by atoms with E-state index in [0.717, 1.165) is 35.6 Å². The number of methoxy groups -OCH3 is 1. The predicted octanol–water partition coefficient (Wildman–Crippen LogP) is 2.74. The second-order valence-electron chi connectivity index (χ2n) is 6.98. The zero-order chi connectivity index (χ0) is 21.1. The highest BCUT2D eigenvalue weighted by Gasteiger charge is 2.18. The fraction of sp³-hybridized carbons (Fsp3) is 0.381. The lowest BCUT2D eigenvalue weighted by Gasteiger charge is -2.21. The molecule has 2 N–H and O–H groups in total. The van der Waals surface area contributed by atoms with E-state index in [0.29, 0.717) is 30.4 Å². The third-order valence-corrected chi connectivity index (χ3v) is 4.92. The minimum Gasteiger partial charge on any atom is -0.472 e. The quantitative estimate of drug-likeness (QED) is 0.449. The van der Waals surface area contributed by atoms with E-state index in [4.69, 9.17) is 19.6 Å². The molecule has 0 bridgehead atoms. The Morgan fingerprint density at radius 2 is 2.13 bits per heavy atom. The Labute approximate surface area is 174 Å². The summed E-state index contributed by atoms with van der Waals surface area (Å²) in [6.45, 7) is 6.58. The van der Waals surface area contributed by atoms with E-state index < -0.39 is 0 Å². The topological polar surface area (TPSA) is 104 Å². The van der Waals surface area contributed by atoms with Crippen molar-refractivity contribution >= 4 is 22.4 Å². The van der Waals surface area contributed by atoms with Gasteiger partial charge < -0.3 is 24.5 Å². The van der Waals surface area contributed by atoms with Crippen LogP contribution in [0.15, 0.2) is 41.1 Å². The van der Waals surface area contributed by atoms with Crippen LogP contribution in [0.5, 0.6) is 5.88 Å². The van der Waals surface area contributed by atoms with Crippen molar-refractivity contribution in [1.82, 2.24) is 19.6 Å². The van der Waals surface area contributed by atoms with Gasteiger partial charge >= 0.3 is 0 Å². The molecule has 0 saturated carbocycles. The van der Waals surface area contributed by atoms with Crippen LogP contribution < -0.4 is 15.4 Å². The van der Waals surface area contributed by atoms with Crippen LogP contribution in [0.3, 0.4) is 0 Å². The van der Waals surface area contributed by atoms with Gasteiger partial charge in [-0.15, -0.1) is 5.10 Å². The summed E-state index contributed by atoms with van der Waals surface area (Å²) < 4.78 is 18.8. The number of aromatic nitrogens is 4. The first-order valence-electron chi connectivity index (χ1n) is 9.99. The van der Waals surface area contributed by atoms with Crippen molar-refractivity contribution in [3.8, 4) is 17.3 Å². The van der Waals surface area contributed by atoms with Gasteiger partial charge in [0.25, 0.3) is 0 Å². The molecular weight excluding hydrogens is 384 g/mol. The predicted molar refractivity (Wildman–Crippen MR) is 115 cm³/mol. The standard InChI is InChI=1S/C21H26N6O3/c1-4-26(9-10-28-3)21-15-11-18(30-17(15)7-8-23-21)16-13-24-19-5-6-20(25-27(16)19)29-14(2)12-22/h5-8,11,13-14H,4,9-10,12,22H2,1-3H3. The van der Waals surface area contributed by atoms with Crippen molar-refractivity contribution in [2.24, 2.45) is 5.73 Å². The van der Waals surface area contributed by atoms with Gasteiger partial charge in [0, 0.05) is 39.0 Å². The van der Waals surface area contributed by atoms with Crippen LogP contribution in [0.4, 0.5) is 5.82 Å². The van der Waals surface area contributed by atoms with Crippen molar-refractivity contribution in [3.05, 3.63) is 36.7 Å². The molecule has 0 saturated heterocycles. The number of fused-ring (bicyclic) bond motifs is 2. The highest BCUT2D eigenvalue weighted by molar-refractivity contribution is 5.91. The zero-order valence-electron chi connectivity index (χ0n) is 17.4. The molecule has 4 aromatic rings. The second-order valence-corrected chi connectivity index (χ2v) is 6.98. The smallest absolute Gasteiger partial charge is 0.232 e. The van der Waals surface area contributed by atoms with Crippen molar-refractivity contribution in [1.29, 1.82) is 0 Å². The van der Waals surface area contributed by atoms with E-state index in [-0.39, 0.29) is 6.10 Å². The normalized spacial score (nSPS) is 12.5. The van der Waals surface area contributed by atoms with E-state index in [2.05, 4.69) is 26.9 Å². The SMILES string of the molecule is CCN(CCOC)c1nccc2oc(-c3cnc4ccc(OC(C)CN)nn34)cc12. The number of pyridine rings is 1. The summed E-state index contributed by atoms with van der Waals surface area (Å²) in [7, 11) is 1.70. The molecule has 4 aromatic heterocycles. The molecule has 0 fully saturated rings. The maximum absolute atomic E-state index is 6.14. The highest BCUT2D eigenvalue weighted by atomic mass is 16.5. The Hall–Kier alpha value is -3.17. The van der Waals surface area contributed by atoms with Crippen LogP contribution in [-0.4, -0.2) is 59.0 Å². The lowest BCUT2D eigenvalue weighted by molar-refractivity contribution is 0.205. The number of anilines is 1. The molecule has 4 heterocycles. The molecule has 9 nitrogen and oxygen atoms in total. The Morgan fingerprint density at radius 1 is 1.27 bits per heavy atom. The molecule has 0 aliphatic carbocycles. The summed E-state index contributed by atoms with van der Waals surface area (Å²) >= 11 is 0. The summed E-state index contributed by atoms with van der Waals surface area (Å²) in [4.78, 5) is 11.2. The van der Waals surface area contributed by atoms with Crippen molar-refractivity contribution in [3.63, 3.8) is 0 Å². The molecule has 0 aliphatic heterocycles. The van der Waals surface area contributed by atoms with E-state index in [9.17, 15) is 0 Å². The van der Waals surface area contributed by atoms with E-state index >= 15 is 0 Å². The van der Waals surface area contributed by atoms with Crippen LogP contribution in [0.1, 0.15) is 13.8 Å². The van der Waals surface area contributed by atoms with Crippen LogP contribution in [0.25, 0.3) is 28.1 Å². The first kappa shape index (κ1) is 20.1. The number of ether oxygens (including phenoxy) is 2. The molecule has 158 valence electrons.